The van der Waals surface area contributed by atoms with E-state index in [1.54, 1.807) is 6.20 Å². The lowest BCUT2D eigenvalue weighted by atomic mass is 9.94. The van der Waals surface area contributed by atoms with Gasteiger partial charge in [0.05, 0.1) is 12.2 Å². The number of nitrogens with zero attached hydrogens (tertiary/aromatic N) is 3. The first-order valence-electron chi connectivity index (χ1n) is 10.9. The average Bonchev–Trinajstić information content (AvgIpc) is 3.44. The molecule has 1 aliphatic heterocycles. The van der Waals surface area contributed by atoms with E-state index in [2.05, 4.69) is 57.5 Å². The largest absolute Gasteiger partial charge is 0.349 e. The van der Waals surface area contributed by atoms with Crippen molar-refractivity contribution in [2.45, 2.75) is 63.1 Å². The molecule has 172 valence electrons. The first-order valence-corrected chi connectivity index (χ1v) is 10.9. The van der Waals surface area contributed by atoms with Gasteiger partial charge in [-0.25, -0.2) is 4.68 Å². The molecule has 4 rings (SSSR count). The van der Waals surface area contributed by atoms with Crippen LogP contribution < -0.4 is 16.0 Å². The summed E-state index contributed by atoms with van der Waals surface area (Å²) in [6.45, 7) is 4.78. The monoisotopic (exact) mass is 468 g/mol. The highest BCUT2D eigenvalue weighted by molar-refractivity contribution is 5.91. The molecule has 1 saturated carbocycles. The molecule has 3 N–H and O–H groups in total. The minimum atomic E-state index is -0.134. The van der Waals surface area contributed by atoms with E-state index in [1.807, 2.05) is 10.7 Å². The number of amides is 1. The van der Waals surface area contributed by atoms with E-state index < -0.39 is 0 Å². The Morgan fingerprint density at radius 1 is 1.19 bits per heavy atom. The van der Waals surface area contributed by atoms with Crippen LogP contribution in [-0.2, 0) is 0 Å². The lowest BCUT2D eigenvalue weighted by Crippen LogP contribution is -2.52. The van der Waals surface area contributed by atoms with Gasteiger partial charge in [0.15, 0.2) is 5.69 Å². The first-order chi connectivity index (χ1) is 14.2. The van der Waals surface area contributed by atoms with Crippen LogP contribution in [0.1, 0.15) is 73.6 Å². The predicted octanol–water partition coefficient (Wildman–Crippen LogP) is 3.44. The van der Waals surface area contributed by atoms with E-state index in [4.69, 9.17) is 0 Å². The zero-order chi connectivity index (χ0) is 20.1. The predicted molar refractivity (Wildman–Crippen MR) is 127 cm³/mol. The van der Waals surface area contributed by atoms with Crippen molar-refractivity contribution in [1.29, 1.82) is 0 Å². The van der Waals surface area contributed by atoms with Gasteiger partial charge in [0.1, 0.15) is 0 Å². The molecule has 2 fully saturated rings. The zero-order valence-electron chi connectivity index (χ0n) is 18.0. The molecular weight excluding hydrogens is 435 g/mol. The van der Waals surface area contributed by atoms with E-state index in [-0.39, 0.29) is 42.3 Å². The fourth-order valence-corrected chi connectivity index (χ4v) is 4.68. The molecule has 9 heteroatoms. The third-order valence-electron chi connectivity index (χ3n) is 6.40. The van der Waals surface area contributed by atoms with Crippen LogP contribution in [0.5, 0.6) is 0 Å². The van der Waals surface area contributed by atoms with E-state index in [1.165, 1.54) is 18.4 Å². The van der Waals surface area contributed by atoms with Crippen molar-refractivity contribution < 1.29 is 4.79 Å². The van der Waals surface area contributed by atoms with Crippen LogP contribution in [0.2, 0.25) is 0 Å². The molecule has 2 heterocycles. The van der Waals surface area contributed by atoms with Gasteiger partial charge in [-0.05, 0) is 51.3 Å². The van der Waals surface area contributed by atoms with Gasteiger partial charge in [0.25, 0.3) is 5.91 Å². The Hall–Kier alpha value is -1.67. The summed E-state index contributed by atoms with van der Waals surface area (Å²) in [5, 5.41) is 18.6. The molecule has 31 heavy (non-hydrogen) atoms. The second-order valence-electron chi connectivity index (χ2n) is 8.51. The maximum atomic E-state index is 12.7. The van der Waals surface area contributed by atoms with Crippen LogP contribution in [0.25, 0.3) is 0 Å². The number of hydrogen-bond donors (Lipinski definition) is 3. The average molecular weight is 469 g/mol. The molecule has 1 atom stereocenters. The van der Waals surface area contributed by atoms with Gasteiger partial charge < -0.3 is 16.0 Å². The summed E-state index contributed by atoms with van der Waals surface area (Å²) in [6, 6.07) is 11.1. The number of hydrogen-bond acceptors (Lipinski definition) is 5. The van der Waals surface area contributed by atoms with Crippen molar-refractivity contribution in [3.05, 3.63) is 47.8 Å². The van der Waals surface area contributed by atoms with E-state index in [0.717, 1.165) is 38.8 Å². The maximum Gasteiger partial charge on any atom is 0.273 e. The lowest BCUT2D eigenvalue weighted by Gasteiger charge is -2.34. The summed E-state index contributed by atoms with van der Waals surface area (Å²) in [6.07, 6.45) is 8.38. The highest BCUT2D eigenvalue weighted by Gasteiger charge is 2.35. The van der Waals surface area contributed by atoms with E-state index in [0.29, 0.717) is 18.3 Å². The second kappa shape index (κ2) is 11.8. The van der Waals surface area contributed by atoms with Gasteiger partial charge >= 0.3 is 0 Å². The molecule has 0 radical (unpaired) electrons. The highest BCUT2D eigenvalue weighted by Crippen LogP contribution is 2.32. The Morgan fingerprint density at radius 3 is 2.55 bits per heavy atom. The minimum Gasteiger partial charge on any atom is -0.349 e. The number of carbonyl (C=O) groups excluding carboxylic acids is 1. The molecule has 1 unspecified atom stereocenters. The molecule has 1 aromatic heterocycles. The molecule has 7 nitrogen and oxygen atoms in total. The molecule has 0 spiro atoms. The van der Waals surface area contributed by atoms with Gasteiger partial charge in [-0.1, -0.05) is 48.4 Å². The zero-order valence-corrected chi connectivity index (χ0v) is 19.7. The lowest BCUT2D eigenvalue weighted by molar-refractivity contribution is 0.0931. The van der Waals surface area contributed by atoms with Crippen LogP contribution in [0.3, 0.4) is 0 Å². The first kappa shape index (κ1) is 25.6. The molecule has 1 amide bonds. The smallest absolute Gasteiger partial charge is 0.273 e. The Morgan fingerprint density at radius 2 is 1.87 bits per heavy atom. The van der Waals surface area contributed by atoms with Crippen LogP contribution in [0, 0.1) is 0 Å². The summed E-state index contributed by atoms with van der Waals surface area (Å²) < 4.78 is 1.86. The minimum absolute atomic E-state index is 0. The quantitative estimate of drug-likeness (QED) is 0.579. The molecule has 0 bridgehead atoms. The molecule has 1 aliphatic carbocycles. The van der Waals surface area contributed by atoms with Crippen molar-refractivity contribution in [2.75, 3.05) is 19.6 Å². The molecule has 2 aliphatic rings. The van der Waals surface area contributed by atoms with Crippen molar-refractivity contribution >= 4 is 30.7 Å². The van der Waals surface area contributed by atoms with Crippen LogP contribution in [-0.4, -0.2) is 46.1 Å². The fraction of sp³-hybridized carbons (Fsp3) is 0.591. The third kappa shape index (κ3) is 6.42. The van der Waals surface area contributed by atoms with Gasteiger partial charge in [-0.2, -0.15) is 0 Å². The number of halogens is 2. The molecule has 1 aromatic carbocycles. The standard InChI is InChI=1S/C22H32N6O.2ClH/c1-17(18-7-3-2-4-8-18)25-22(11-5-6-12-22)16-24-21(29)20-15-28(27-26-20)19-9-13-23-14-10-19;;/h2-4,7-8,15,17,19,23,25H,5-6,9-14,16H2,1H3,(H,24,29);2*1H. The third-order valence-corrected chi connectivity index (χ3v) is 6.40. The summed E-state index contributed by atoms with van der Waals surface area (Å²) in [4.78, 5) is 12.7. The van der Waals surface area contributed by atoms with Gasteiger partial charge in [0.2, 0.25) is 0 Å². The number of benzene rings is 1. The van der Waals surface area contributed by atoms with Crippen molar-refractivity contribution in [1.82, 2.24) is 30.9 Å². The SMILES string of the molecule is CC(NC1(CNC(=O)c2cn(C3CCNCC3)nn2)CCCC1)c1ccccc1.Cl.Cl. The van der Waals surface area contributed by atoms with Crippen LogP contribution in [0.15, 0.2) is 36.5 Å². The number of nitrogens with one attached hydrogen (secondary N) is 3. The van der Waals surface area contributed by atoms with Gasteiger partial charge in [-0.3, -0.25) is 4.79 Å². The molecular formula is C22H34Cl2N6O. The maximum absolute atomic E-state index is 12.7. The summed E-state index contributed by atoms with van der Waals surface area (Å²) in [5.74, 6) is -0.134. The summed E-state index contributed by atoms with van der Waals surface area (Å²) >= 11 is 0. The number of rotatable bonds is 7. The van der Waals surface area contributed by atoms with Crippen molar-refractivity contribution in [2.24, 2.45) is 0 Å². The van der Waals surface area contributed by atoms with E-state index >= 15 is 0 Å². The van der Waals surface area contributed by atoms with E-state index in [9.17, 15) is 4.79 Å². The number of piperidine rings is 1. The number of aromatic nitrogens is 3. The van der Waals surface area contributed by atoms with Crippen molar-refractivity contribution in [3.63, 3.8) is 0 Å². The Labute approximate surface area is 196 Å². The Bertz CT molecular complexity index is 803. The normalized spacial score (nSPS) is 19.1. The Kier molecular flexibility index (Phi) is 9.75. The molecule has 2 aromatic rings. The topological polar surface area (TPSA) is 83.9 Å². The van der Waals surface area contributed by atoms with Gasteiger partial charge in [0, 0.05) is 18.1 Å². The highest BCUT2D eigenvalue weighted by atomic mass is 35.5. The summed E-state index contributed by atoms with van der Waals surface area (Å²) in [7, 11) is 0. The molecule has 1 saturated heterocycles. The van der Waals surface area contributed by atoms with Crippen LogP contribution >= 0.6 is 24.8 Å². The van der Waals surface area contributed by atoms with Gasteiger partial charge in [-0.15, -0.1) is 29.9 Å². The second-order valence-corrected chi connectivity index (χ2v) is 8.51. The Balaban J connectivity index is 0.00000171. The van der Waals surface area contributed by atoms with Crippen molar-refractivity contribution in [3.8, 4) is 0 Å². The fourth-order valence-electron chi connectivity index (χ4n) is 4.68. The summed E-state index contributed by atoms with van der Waals surface area (Å²) in [5.41, 5.74) is 1.62. The van der Waals surface area contributed by atoms with Crippen LogP contribution in [0.4, 0.5) is 0 Å². The number of carbonyl (C=O) groups is 1.